The normalized spacial score (nSPS) is 11.5. The summed E-state index contributed by atoms with van der Waals surface area (Å²) in [6, 6.07) is 12.1. The molecule has 26 heavy (non-hydrogen) atoms. The second-order valence-electron chi connectivity index (χ2n) is 6.19. The van der Waals surface area contributed by atoms with Crippen molar-refractivity contribution in [2.45, 2.75) is 19.6 Å². The fourth-order valence-electron chi connectivity index (χ4n) is 2.65. The molecule has 1 heterocycles. The number of nitrogens with zero attached hydrogens (tertiary/aromatic N) is 3. The minimum atomic E-state index is 0.617. The molecule has 0 saturated heterocycles. The summed E-state index contributed by atoms with van der Waals surface area (Å²) in [6.07, 6.45) is 2.98. The molecule has 0 saturated carbocycles. The molecule has 2 aromatic rings. The number of rotatable bonds is 9. The van der Waals surface area contributed by atoms with Gasteiger partial charge in [-0.05, 0) is 36.2 Å². The third kappa shape index (κ3) is 6.11. The summed E-state index contributed by atoms with van der Waals surface area (Å²) < 4.78 is 13.0. The maximum atomic E-state index is 5.73. The van der Waals surface area contributed by atoms with Gasteiger partial charge >= 0.3 is 0 Å². The van der Waals surface area contributed by atoms with E-state index in [1.807, 2.05) is 38.4 Å². The summed E-state index contributed by atoms with van der Waals surface area (Å²) in [5, 5.41) is 3.38. The van der Waals surface area contributed by atoms with Gasteiger partial charge in [0.2, 0.25) is 0 Å². The van der Waals surface area contributed by atoms with Crippen LogP contribution in [0.25, 0.3) is 0 Å². The minimum Gasteiger partial charge on any atom is -0.497 e. The summed E-state index contributed by atoms with van der Waals surface area (Å²) in [5.41, 5.74) is 2.40. The molecule has 2 rings (SSSR count). The largest absolute Gasteiger partial charge is 0.497 e. The van der Waals surface area contributed by atoms with E-state index in [9.17, 15) is 0 Å². The lowest BCUT2D eigenvalue weighted by molar-refractivity contribution is 0.119. The number of aryl methyl sites for hydroxylation is 1. The van der Waals surface area contributed by atoms with Crippen molar-refractivity contribution in [3.8, 4) is 5.75 Å². The molecular formula is C20H30N4O2. The van der Waals surface area contributed by atoms with Gasteiger partial charge in [-0.2, -0.15) is 0 Å². The van der Waals surface area contributed by atoms with Gasteiger partial charge in [0.15, 0.2) is 5.96 Å². The zero-order chi connectivity index (χ0) is 18.8. The highest BCUT2D eigenvalue weighted by Gasteiger charge is 2.07. The third-order valence-electron chi connectivity index (χ3n) is 4.20. The van der Waals surface area contributed by atoms with Gasteiger partial charge in [-0.25, -0.2) is 0 Å². The average Bonchev–Trinajstić information content (AvgIpc) is 3.06. The monoisotopic (exact) mass is 358 g/mol. The summed E-state index contributed by atoms with van der Waals surface area (Å²) >= 11 is 0. The molecule has 1 aromatic carbocycles. The number of hydrogen-bond acceptors (Lipinski definition) is 3. The second kappa shape index (κ2) is 10.5. The Morgan fingerprint density at radius 2 is 2.00 bits per heavy atom. The van der Waals surface area contributed by atoms with Crippen LogP contribution in [-0.4, -0.2) is 49.8 Å². The number of aliphatic imine (C=N–C) groups is 1. The Morgan fingerprint density at radius 1 is 1.23 bits per heavy atom. The number of ether oxygens (including phenoxy) is 2. The van der Waals surface area contributed by atoms with Crippen molar-refractivity contribution in [2.24, 2.45) is 12.0 Å². The highest BCUT2D eigenvalue weighted by atomic mass is 16.5. The molecule has 0 aliphatic carbocycles. The summed E-state index contributed by atoms with van der Waals surface area (Å²) in [4.78, 5) is 6.47. The molecule has 0 aliphatic heterocycles. The molecule has 0 unspecified atom stereocenters. The predicted molar refractivity (Wildman–Crippen MR) is 106 cm³/mol. The molecule has 0 radical (unpaired) electrons. The van der Waals surface area contributed by atoms with Crippen LogP contribution in [0.5, 0.6) is 5.75 Å². The van der Waals surface area contributed by atoms with Crippen molar-refractivity contribution in [2.75, 3.05) is 34.4 Å². The van der Waals surface area contributed by atoms with E-state index < -0.39 is 0 Å². The fraction of sp³-hybridized carbons (Fsp3) is 0.450. The van der Waals surface area contributed by atoms with Gasteiger partial charge in [-0.1, -0.05) is 12.1 Å². The van der Waals surface area contributed by atoms with E-state index in [0.717, 1.165) is 36.8 Å². The first-order valence-electron chi connectivity index (χ1n) is 8.86. The number of aromatic nitrogens is 1. The van der Waals surface area contributed by atoms with Crippen molar-refractivity contribution in [3.05, 3.63) is 53.9 Å². The number of benzene rings is 1. The SMILES string of the molecule is CN=C(NCCCOCc1ccc(OC)cc1)N(C)Cc1cccn1C. The Balaban J connectivity index is 1.63. The Morgan fingerprint density at radius 3 is 2.62 bits per heavy atom. The molecule has 0 bridgehead atoms. The summed E-state index contributed by atoms with van der Waals surface area (Å²) in [7, 11) is 7.58. The molecule has 0 atom stereocenters. The molecule has 142 valence electrons. The van der Waals surface area contributed by atoms with Crippen molar-refractivity contribution in [1.82, 2.24) is 14.8 Å². The highest BCUT2D eigenvalue weighted by molar-refractivity contribution is 5.79. The van der Waals surface area contributed by atoms with Crippen LogP contribution in [0, 0.1) is 0 Å². The molecular weight excluding hydrogens is 328 g/mol. The first kappa shape index (κ1) is 19.8. The van der Waals surface area contributed by atoms with E-state index in [4.69, 9.17) is 9.47 Å². The van der Waals surface area contributed by atoms with Gasteiger partial charge in [0.1, 0.15) is 5.75 Å². The van der Waals surface area contributed by atoms with E-state index in [0.29, 0.717) is 13.2 Å². The fourth-order valence-corrected chi connectivity index (χ4v) is 2.65. The smallest absolute Gasteiger partial charge is 0.193 e. The van der Waals surface area contributed by atoms with Gasteiger partial charge in [0.25, 0.3) is 0 Å². The molecule has 0 spiro atoms. The van der Waals surface area contributed by atoms with Gasteiger partial charge < -0.3 is 24.3 Å². The van der Waals surface area contributed by atoms with Crippen LogP contribution in [0.4, 0.5) is 0 Å². The Bertz CT molecular complexity index is 679. The highest BCUT2D eigenvalue weighted by Crippen LogP contribution is 2.11. The third-order valence-corrected chi connectivity index (χ3v) is 4.20. The first-order chi connectivity index (χ1) is 12.6. The molecule has 6 nitrogen and oxygen atoms in total. The van der Waals surface area contributed by atoms with Crippen LogP contribution in [0.1, 0.15) is 17.7 Å². The number of hydrogen-bond donors (Lipinski definition) is 1. The van der Waals surface area contributed by atoms with Gasteiger partial charge in [-0.15, -0.1) is 0 Å². The van der Waals surface area contributed by atoms with E-state index in [1.165, 1.54) is 5.69 Å². The molecule has 1 N–H and O–H groups in total. The van der Waals surface area contributed by atoms with E-state index in [2.05, 4.69) is 45.2 Å². The Kier molecular flexibility index (Phi) is 8.02. The van der Waals surface area contributed by atoms with E-state index >= 15 is 0 Å². The van der Waals surface area contributed by atoms with Crippen LogP contribution < -0.4 is 10.1 Å². The van der Waals surface area contributed by atoms with Crippen LogP contribution in [0.2, 0.25) is 0 Å². The minimum absolute atomic E-state index is 0.617. The zero-order valence-electron chi connectivity index (χ0n) is 16.2. The van der Waals surface area contributed by atoms with E-state index in [1.54, 1.807) is 7.11 Å². The van der Waals surface area contributed by atoms with Crippen molar-refractivity contribution >= 4 is 5.96 Å². The lowest BCUT2D eigenvalue weighted by Gasteiger charge is -2.22. The van der Waals surface area contributed by atoms with Crippen molar-refractivity contribution in [3.63, 3.8) is 0 Å². The molecule has 0 fully saturated rings. The standard InChI is InChI=1S/C20H30N4O2/c1-21-20(24(3)15-18-7-5-13-23(18)2)22-12-6-14-26-16-17-8-10-19(25-4)11-9-17/h5,7-11,13H,6,12,14-16H2,1-4H3,(H,21,22). The van der Waals surface area contributed by atoms with Gasteiger partial charge in [-0.3, -0.25) is 4.99 Å². The van der Waals surface area contributed by atoms with Crippen LogP contribution >= 0.6 is 0 Å². The van der Waals surface area contributed by atoms with Crippen LogP contribution in [0.15, 0.2) is 47.6 Å². The lowest BCUT2D eigenvalue weighted by atomic mass is 10.2. The zero-order valence-corrected chi connectivity index (χ0v) is 16.2. The average molecular weight is 358 g/mol. The molecule has 0 amide bonds. The van der Waals surface area contributed by atoms with Gasteiger partial charge in [0.05, 0.1) is 20.3 Å². The Labute approximate surface area is 156 Å². The maximum absolute atomic E-state index is 5.73. The summed E-state index contributed by atoms with van der Waals surface area (Å²) in [5.74, 6) is 1.75. The second-order valence-corrected chi connectivity index (χ2v) is 6.19. The molecule has 0 aliphatic rings. The maximum Gasteiger partial charge on any atom is 0.193 e. The topological polar surface area (TPSA) is 51.0 Å². The lowest BCUT2D eigenvalue weighted by Crippen LogP contribution is -2.39. The number of methoxy groups -OCH3 is 1. The van der Waals surface area contributed by atoms with Crippen LogP contribution in [0.3, 0.4) is 0 Å². The van der Waals surface area contributed by atoms with Crippen molar-refractivity contribution < 1.29 is 9.47 Å². The number of guanidine groups is 1. The quantitative estimate of drug-likeness (QED) is 0.425. The summed E-state index contributed by atoms with van der Waals surface area (Å²) in [6.45, 7) is 2.97. The van der Waals surface area contributed by atoms with E-state index in [-0.39, 0.29) is 0 Å². The van der Waals surface area contributed by atoms with Crippen molar-refractivity contribution in [1.29, 1.82) is 0 Å². The predicted octanol–water partition coefficient (Wildman–Crippen LogP) is 2.65. The molecule has 1 aromatic heterocycles. The Hall–Kier alpha value is -2.47. The van der Waals surface area contributed by atoms with Gasteiger partial charge in [0, 0.05) is 46.2 Å². The number of nitrogens with one attached hydrogen (secondary N) is 1. The van der Waals surface area contributed by atoms with Crippen LogP contribution in [-0.2, 0) is 24.9 Å². The first-order valence-corrected chi connectivity index (χ1v) is 8.86. The molecule has 6 heteroatoms.